The van der Waals surface area contributed by atoms with E-state index in [0.29, 0.717) is 6.54 Å². The number of nitrogens with two attached hydrogens (primary N) is 1. The smallest absolute Gasteiger partial charge is 0.0954 e. The zero-order valence-electron chi connectivity index (χ0n) is 9.10. The normalized spacial score (nSPS) is 12.7. The van der Waals surface area contributed by atoms with Crippen LogP contribution in [0.3, 0.4) is 0 Å². The van der Waals surface area contributed by atoms with E-state index in [1.54, 1.807) is 12.5 Å². The monoisotopic (exact) mass is 235 g/mol. The second-order valence-electron chi connectivity index (χ2n) is 3.73. The third-order valence-electron chi connectivity index (χ3n) is 2.70. The minimum Gasteiger partial charge on any atom is -0.326 e. The van der Waals surface area contributed by atoms with Gasteiger partial charge < -0.3 is 10.3 Å². The van der Waals surface area contributed by atoms with Gasteiger partial charge in [-0.05, 0) is 24.6 Å². The van der Waals surface area contributed by atoms with Crippen LogP contribution in [-0.2, 0) is 6.54 Å². The number of imidazole rings is 1. The molecule has 0 aliphatic carbocycles. The lowest BCUT2D eigenvalue weighted by atomic mass is 10.1. The number of rotatable bonds is 3. The van der Waals surface area contributed by atoms with Crippen molar-refractivity contribution in [1.29, 1.82) is 0 Å². The molecule has 0 aliphatic rings. The van der Waals surface area contributed by atoms with Crippen LogP contribution in [-0.4, -0.2) is 9.55 Å². The molecule has 0 saturated carbocycles. The summed E-state index contributed by atoms with van der Waals surface area (Å²) in [4.78, 5) is 4.11. The Labute approximate surface area is 99.9 Å². The number of halogens is 1. The molecular weight excluding hydrogens is 222 g/mol. The van der Waals surface area contributed by atoms with E-state index in [2.05, 4.69) is 22.5 Å². The number of aromatic nitrogens is 2. The van der Waals surface area contributed by atoms with Crippen molar-refractivity contribution in [3.63, 3.8) is 0 Å². The average Bonchev–Trinajstić information content (AvgIpc) is 2.76. The Morgan fingerprint density at radius 3 is 3.00 bits per heavy atom. The first kappa shape index (κ1) is 11.2. The largest absolute Gasteiger partial charge is 0.326 e. The number of nitrogens with zero attached hydrogens (tertiary/aromatic N) is 2. The second kappa shape index (κ2) is 4.68. The maximum Gasteiger partial charge on any atom is 0.0954 e. The Morgan fingerprint density at radius 2 is 2.31 bits per heavy atom. The molecule has 3 nitrogen and oxygen atoms in total. The second-order valence-corrected chi connectivity index (χ2v) is 4.16. The molecule has 0 aliphatic heterocycles. The molecule has 2 aromatic rings. The molecule has 2 rings (SSSR count). The number of hydrogen-bond donors (Lipinski definition) is 1. The summed E-state index contributed by atoms with van der Waals surface area (Å²) in [7, 11) is 0. The van der Waals surface area contributed by atoms with Crippen molar-refractivity contribution in [1.82, 2.24) is 9.55 Å². The first-order valence-electron chi connectivity index (χ1n) is 5.18. The molecule has 0 bridgehead atoms. The van der Waals surface area contributed by atoms with Crippen LogP contribution in [0.25, 0.3) is 0 Å². The van der Waals surface area contributed by atoms with Gasteiger partial charge in [-0.2, -0.15) is 0 Å². The van der Waals surface area contributed by atoms with Crippen molar-refractivity contribution < 1.29 is 0 Å². The highest BCUT2D eigenvalue weighted by Crippen LogP contribution is 2.22. The van der Waals surface area contributed by atoms with E-state index in [1.165, 1.54) is 0 Å². The van der Waals surface area contributed by atoms with Crippen LogP contribution in [0.5, 0.6) is 0 Å². The van der Waals surface area contributed by atoms with E-state index in [0.717, 1.165) is 16.3 Å². The van der Waals surface area contributed by atoms with Gasteiger partial charge in [-0.25, -0.2) is 4.98 Å². The van der Waals surface area contributed by atoms with Gasteiger partial charge in [-0.1, -0.05) is 23.7 Å². The summed E-state index contributed by atoms with van der Waals surface area (Å²) in [6, 6.07) is 8.03. The predicted molar refractivity (Wildman–Crippen MR) is 65.4 cm³/mol. The molecule has 84 valence electrons. The van der Waals surface area contributed by atoms with Gasteiger partial charge in [0.1, 0.15) is 0 Å². The quantitative estimate of drug-likeness (QED) is 0.889. The zero-order chi connectivity index (χ0) is 11.5. The van der Waals surface area contributed by atoms with Gasteiger partial charge in [0.25, 0.3) is 0 Å². The van der Waals surface area contributed by atoms with Gasteiger partial charge in [-0.3, -0.25) is 0 Å². The van der Waals surface area contributed by atoms with Gasteiger partial charge in [0.2, 0.25) is 0 Å². The topological polar surface area (TPSA) is 43.8 Å². The van der Waals surface area contributed by atoms with E-state index >= 15 is 0 Å². The summed E-state index contributed by atoms with van der Waals surface area (Å²) in [5.41, 5.74) is 7.83. The third kappa shape index (κ3) is 2.10. The molecule has 1 aromatic carbocycles. The van der Waals surface area contributed by atoms with Crippen LogP contribution in [0.1, 0.15) is 24.2 Å². The molecule has 2 N–H and O–H groups in total. The van der Waals surface area contributed by atoms with Gasteiger partial charge in [-0.15, -0.1) is 0 Å². The Balaban J connectivity index is 2.35. The first-order chi connectivity index (χ1) is 7.72. The van der Waals surface area contributed by atoms with Gasteiger partial charge in [0.15, 0.2) is 0 Å². The van der Waals surface area contributed by atoms with Gasteiger partial charge in [0.05, 0.1) is 18.1 Å². The van der Waals surface area contributed by atoms with Gasteiger partial charge in [0, 0.05) is 17.8 Å². The van der Waals surface area contributed by atoms with Crippen LogP contribution in [0.4, 0.5) is 0 Å². The molecular formula is C12H14ClN3. The number of benzene rings is 1. The van der Waals surface area contributed by atoms with Crippen LogP contribution < -0.4 is 5.73 Å². The highest BCUT2D eigenvalue weighted by molar-refractivity contribution is 6.30. The fourth-order valence-electron chi connectivity index (χ4n) is 1.77. The Kier molecular flexibility index (Phi) is 3.27. The molecule has 1 heterocycles. The summed E-state index contributed by atoms with van der Waals surface area (Å²) in [5.74, 6) is 0. The van der Waals surface area contributed by atoms with E-state index < -0.39 is 0 Å². The predicted octanol–water partition coefficient (Wildman–Crippen LogP) is 2.60. The van der Waals surface area contributed by atoms with E-state index in [1.807, 2.05) is 18.2 Å². The molecule has 1 unspecified atom stereocenters. The molecule has 1 aromatic heterocycles. The SMILES string of the molecule is CC(c1cccc(Cl)c1)n1cncc1CN. The van der Waals surface area contributed by atoms with E-state index in [-0.39, 0.29) is 6.04 Å². The van der Waals surface area contributed by atoms with Gasteiger partial charge >= 0.3 is 0 Å². The zero-order valence-corrected chi connectivity index (χ0v) is 9.85. The van der Waals surface area contributed by atoms with Crippen molar-refractivity contribution >= 4 is 11.6 Å². The summed E-state index contributed by atoms with van der Waals surface area (Å²) >= 11 is 5.97. The fraction of sp³-hybridized carbons (Fsp3) is 0.250. The van der Waals surface area contributed by atoms with Crippen molar-refractivity contribution in [2.45, 2.75) is 19.5 Å². The van der Waals surface area contributed by atoms with Crippen molar-refractivity contribution in [2.24, 2.45) is 5.73 Å². The average molecular weight is 236 g/mol. The molecule has 0 fully saturated rings. The highest BCUT2D eigenvalue weighted by atomic mass is 35.5. The van der Waals surface area contributed by atoms with Crippen molar-refractivity contribution in [3.05, 3.63) is 53.1 Å². The molecule has 16 heavy (non-hydrogen) atoms. The maximum atomic E-state index is 5.97. The molecule has 0 radical (unpaired) electrons. The number of hydrogen-bond acceptors (Lipinski definition) is 2. The highest BCUT2D eigenvalue weighted by Gasteiger charge is 2.10. The maximum absolute atomic E-state index is 5.97. The summed E-state index contributed by atoms with van der Waals surface area (Å²) in [6.07, 6.45) is 3.59. The summed E-state index contributed by atoms with van der Waals surface area (Å²) in [5, 5.41) is 0.749. The Morgan fingerprint density at radius 1 is 1.50 bits per heavy atom. The molecule has 0 amide bonds. The lowest BCUT2D eigenvalue weighted by molar-refractivity contribution is 0.609. The van der Waals surface area contributed by atoms with Crippen LogP contribution >= 0.6 is 11.6 Å². The van der Waals surface area contributed by atoms with Crippen molar-refractivity contribution in [3.8, 4) is 0 Å². The van der Waals surface area contributed by atoms with E-state index in [4.69, 9.17) is 17.3 Å². The Bertz CT molecular complexity index is 479. The van der Waals surface area contributed by atoms with Crippen LogP contribution in [0, 0.1) is 0 Å². The summed E-state index contributed by atoms with van der Waals surface area (Å²) in [6.45, 7) is 2.59. The van der Waals surface area contributed by atoms with Crippen LogP contribution in [0.2, 0.25) is 5.02 Å². The summed E-state index contributed by atoms with van der Waals surface area (Å²) < 4.78 is 2.06. The minimum atomic E-state index is 0.194. The molecule has 0 spiro atoms. The third-order valence-corrected chi connectivity index (χ3v) is 2.94. The Hall–Kier alpha value is -1.32. The molecule has 1 atom stereocenters. The van der Waals surface area contributed by atoms with Crippen LogP contribution in [0.15, 0.2) is 36.8 Å². The minimum absolute atomic E-state index is 0.194. The standard InChI is InChI=1S/C12H14ClN3/c1-9(10-3-2-4-11(13)5-10)16-8-15-7-12(16)6-14/h2-5,7-9H,6,14H2,1H3. The first-order valence-corrected chi connectivity index (χ1v) is 5.56. The molecule has 4 heteroatoms. The lowest BCUT2D eigenvalue weighted by Crippen LogP contribution is -2.11. The molecule has 0 saturated heterocycles. The fourth-order valence-corrected chi connectivity index (χ4v) is 1.96. The van der Waals surface area contributed by atoms with E-state index in [9.17, 15) is 0 Å². The lowest BCUT2D eigenvalue weighted by Gasteiger charge is -2.16. The van der Waals surface area contributed by atoms with Crippen molar-refractivity contribution in [2.75, 3.05) is 0 Å².